The number of allylic oxidation sites excluding steroid dienone is 2. The van der Waals surface area contributed by atoms with Gasteiger partial charge in [0.1, 0.15) is 0 Å². The lowest BCUT2D eigenvalue weighted by atomic mass is 9.84. The van der Waals surface area contributed by atoms with Gasteiger partial charge in [-0.2, -0.15) is 0 Å². The monoisotopic (exact) mass is 623 g/mol. The van der Waals surface area contributed by atoms with E-state index in [0.29, 0.717) is 0 Å². The van der Waals surface area contributed by atoms with Gasteiger partial charge in [0.25, 0.3) is 0 Å². The molecule has 0 bridgehead atoms. The summed E-state index contributed by atoms with van der Waals surface area (Å²) in [5.41, 5.74) is 17.6. The number of aromatic nitrogens is 1. The van der Waals surface area contributed by atoms with Crippen LogP contribution in [0.4, 0.5) is 4.32 Å². The van der Waals surface area contributed by atoms with Gasteiger partial charge in [-0.05, 0) is 75.1 Å². The summed E-state index contributed by atoms with van der Waals surface area (Å²) in [4.78, 5) is 0. The Kier molecular flexibility index (Phi) is 7.25. The van der Waals surface area contributed by atoms with Crippen LogP contribution in [0.3, 0.4) is 0 Å². The molecule has 8 rings (SSSR count). The van der Waals surface area contributed by atoms with Crippen LogP contribution in [0.25, 0.3) is 33.5 Å². The van der Waals surface area contributed by atoms with E-state index in [9.17, 15) is 0 Å². The number of rotatable bonds is 5. The minimum atomic E-state index is -1.49. The Labute approximate surface area is 283 Å². The SMILES string of the molecule is Cc1ccc(C2=CC(c3ccc(C)cc3)=[N+]3B(F)n4c(-c5ccc(C)cc5)cc(-c5ccc(C)cc5)c4C(c4ccc(C)cc4)=C23)cc1. The molecule has 4 heteroatoms. The summed E-state index contributed by atoms with van der Waals surface area (Å²) in [6.45, 7) is 10.5. The summed E-state index contributed by atoms with van der Waals surface area (Å²) in [6, 6.07) is 45.0. The Morgan fingerprint density at radius 2 is 0.917 bits per heavy atom. The van der Waals surface area contributed by atoms with Gasteiger partial charge in [-0.3, -0.25) is 4.48 Å². The van der Waals surface area contributed by atoms with Crippen molar-refractivity contribution in [3.05, 3.63) is 189 Å². The first-order chi connectivity index (χ1) is 23.3. The lowest BCUT2D eigenvalue weighted by Gasteiger charge is -2.24. The Morgan fingerprint density at radius 1 is 0.500 bits per heavy atom. The number of fused-ring (bicyclic) bond motifs is 2. The molecule has 2 aliphatic rings. The molecule has 0 unspecified atom stereocenters. The van der Waals surface area contributed by atoms with Crippen molar-refractivity contribution >= 4 is 24.1 Å². The summed E-state index contributed by atoms with van der Waals surface area (Å²) in [5.74, 6) is 0. The highest BCUT2D eigenvalue weighted by Gasteiger charge is 2.54. The number of benzene rings is 5. The van der Waals surface area contributed by atoms with Gasteiger partial charge in [0.05, 0.1) is 16.8 Å². The van der Waals surface area contributed by atoms with E-state index >= 15 is 4.32 Å². The maximum absolute atomic E-state index is 18.1. The van der Waals surface area contributed by atoms with Gasteiger partial charge in [0.2, 0.25) is 5.70 Å². The third-order valence-corrected chi connectivity index (χ3v) is 9.73. The van der Waals surface area contributed by atoms with Crippen molar-refractivity contribution in [2.75, 3.05) is 0 Å². The first-order valence-electron chi connectivity index (χ1n) is 16.6. The van der Waals surface area contributed by atoms with Crippen LogP contribution in [-0.4, -0.2) is 21.9 Å². The molecule has 3 heterocycles. The molecule has 0 saturated carbocycles. The van der Waals surface area contributed by atoms with Crippen LogP contribution >= 0.6 is 0 Å². The zero-order valence-electron chi connectivity index (χ0n) is 28.1. The van der Waals surface area contributed by atoms with E-state index in [1.54, 1.807) is 0 Å². The number of halogens is 1. The summed E-state index contributed by atoms with van der Waals surface area (Å²) >= 11 is 0. The van der Waals surface area contributed by atoms with Crippen molar-refractivity contribution in [3.8, 4) is 22.4 Å². The van der Waals surface area contributed by atoms with Gasteiger partial charge in [0.15, 0.2) is 5.71 Å². The van der Waals surface area contributed by atoms with Crippen LogP contribution in [0.1, 0.15) is 50.2 Å². The Morgan fingerprint density at radius 3 is 1.42 bits per heavy atom. The maximum Gasteiger partial charge on any atom is 0.847 e. The van der Waals surface area contributed by atoms with Crippen molar-refractivity contribution in [1.82, 2.24) is 4.48 Å². The van der Waals surface area contributed by atoms with Crippen molar-refractivity contribution in [1.29, 1.82) is 0 Å². The molecule has 0 amide bonds. The predicted molar refractivity (Wildman–Crippen MR) is 199 cm³/mol. The van der Waals surface area contributed by atoms with Crippen LogP contribution in [0.5, 0.6) is 0 Å². The van der Waals surface area contributed by atoms with Gasteiger partial charge < -0.3 is 0 Å². The van der Waals surface area contributed by atoms with Gasteiger partial charge in [-0.25, -0.2) is 8.80 Å². The highest BCUT2D eigenvalue weighted by atomic mass is 19.1. The second-order valence-corrected chi connectivity index (χ2v) is 13.3. The summed E-state index contributed by atoms with van der Waals surface area (Å²) in [5, 5.41) is 0. The van der Waals surface area contributed by atoms with Crippen LogP contribution in [-0.2, 0) is 0 Å². The standard InChI is InChI=1S/C44H37BFN2/c1-28-6-16-33(17-7-28)38-26-40(35-20-10-30(3)11-21-35)47-43(38)42(37-24-14-32(5)15-25-37)44-39(34-18-8-29(2)9-19-34)27-41(48(44)45(47)46)36-22-12-31(4)13-23-36/h6-27H,1-5H3/q+1. The quantitative estimate of drug-likeness (QED) is 0.169. The van der Waals surface area contributed by atoms with Gasteiger partial charge in [-0.15, -0.1) is 0 Å². The molecule has 0 N–H and O–H groups in total. The Bertz CT molecular complexity index is 2280. The van der Waals surface area contributed by atoms with Crippen molar-refractivity contribution in [3.63, 3.8) is 0 Å². The number of hydrogen-bond acceptors (Lipinski definition) is 0. The average Bonchev–Trinajstić information content (AvgIpc) is 3.68. The largest absolute Gasteiger partial charge is 0.847 e. The minimum absolute atomic E-state index is 0.851. The van der Waals surface area contributed by atoms with E-state index in [2.05, 4.69) is 168 Å². The molecule has 6 aromatic rings. The number of hydrogen-bond donors (Lipinski definition) is 0. The molecular formula is C44H37BFN2+. The lowest BCUT2D eigenvalue weighted by Crippen LogP contribution is -2.41. The first-order valence-corrected chi connectivity index (χ1v) is 16.6. The van der Waals surface area contributed by atoms with Crippen LogP contribution in [0, 0.1) is 34.6 Å². The normalized spacial score (nSPS) is 14.0. The third kappa shape index (κ3) is 5.00. The van der Waals surface area contributed by atoms with Crippen LogP contribution in [0.15, 0.2) is 139 Å². The van der Waals surface area contributed by atoms with Crippen molar-refractivity contribution < 1.29 is 8.80 Å². The van der Waals surface area contributed by atoms with Gasteiger partial charge in [0, 0.05) is 22.9 Å². The fourth-order valence-corrected chi connectivity index (χ4v) is 7.02. The molecule has 0 aliphatic carbocycles. The van der Waals surface area contributed by atoms with Crippen molar-refractivity contribution in [2.45, 2.75) is 34.6 Å². The zero-order valence-corrected chi connectivity index (χ0v) is 28.1. The average molecular weight is 624 g/mol. The third-order valence-electron chi connectivity index (χ3n) is 9.73. The molecule has 0 fully saturated rings. The van der Waals surface area contributed by atoms with Crippen LogP contribution < -0.4 is 0 Å². The Hall–Kier alpha value is -5.48. The molecule has 5 aromatic carbocycles. The molecule has 0 saturated heterocycles. The molecular weight excluding hydrogens is 586 g/mol. The molecule has 1 aromatic heterocycles. The highest BCUT2D eigenvalue weighted by molar-refractivity contribution is 6.46. The van der Waals surface area contributed by atoms with Crippen LogP contribution in [0.2, 0.25) is 0 Å². The second kappa shape index (κ2) is 11.6. The van der Waals surface area contributed by atoms with E-state index in [4.69, 9.17) is 0 Å². The number of nitrogens with zero attached hydrogens (tertiary/aromatic N) is 2. The number of aryl methyl sites for hydroxylation is 5. The molecule has 0 spiro atoms. The van der Waals surface area contributed by atoms with E-state index in [0.717, 1.165) is 67.3 Å². The first kappa shape index (κ1) is 29.9. The summed E-state index contributed by atoms with van der Waals surface area (Å²) < 4.78 is 21.9. The van der Waals surface area contributed by atoms with E-state index < -0.39 is 7.26 Å². The molecule has 2 nitrogen and oxygen atoms in total. The molecule has 48 heavy (non-hydrogen) atoms. The molecule has 232 valence electrons. The van der Waals surface area contributed by atoms with Crippen molar-refractivity contribution in [2.24, 2.45) is 0 Å². The summed E-state index contributed by atoms with van der Waals surface area (Å²) in [7, 11) is -1.49. The maximum atomic E-state index is 18.1. The van der Waals surface area contributed by atoms with E-state index in [-0.39, 0.29) is 0 Å². The van der Waals surface area contributed by atoms with Gasteiger partial charge >= 0.3 is 7.26 Å². The Balaban J connectivity index is 1.53. The molecule has 0 radical (unpaired) electrons. The lowest BCUT2D eigenvalue weighted by molar-refractivity contribution is -0.332. The van der Waals surface area contributed by atoms with Gasteiger partial charge in [-0.1, -0.05) is 137 Å². The highest BCUT2D eigenvalue weighted by Crippen LogP contribution is 2.48. The zero-order chi connectivity index (χ0) is 33.1. The topological polar surface area (TPSA) is 7.94 Å². The molecule has 0 atom stereocenters. The fourth-order valence-electron chi connectivity index (χ4n) is 7.02. The summed E-state index contributed by atoms with van der Waals surface area (Å²) in [6.07, 6.45) is 2.19. The minimum Gasteiger partial charge on any atom is -0.285 e. The molecule has 2 aliphatic heterocycles. The predicted octanol–water partition coefficient (Wildman–Crippen LogP) is 10.5. The van der Waals surface area contributed by atoms with E-state index in [1.807, 2.05) is 8.96 Å². The second-order valence-electron chi connectivity index (χ2n) is 13.3. The smallest absolute Gasteiger partial charge is 0.285 e. The van der Waals surface area contributed by atoms with E-state index in [1.165, 1.54) is 27.8 Å². The fraction of sp³-hybridized carbons (Fsp3) is 0.114.